The molecule has 0 unspecified atom stereocenters. The predicted molar refractivity (Wildman–Crippen MR) is 167 cm³/mol. The van der Waals surface area contributed by atoms with Crippen LogP contribution in [0.1, 0.15) is 5.69 Å². The molecule has 41 heavy (non-hydrogen) atoms. The molecule has 7 aromatic rings. The van der Waals surface area contributed by atoms with Crippen LogP contribution in [0.2, 0.25) is 0 Å². The molecule has 2 aromatic heterocycles. The van der Waals surface area contributed by atoms with E-state index in [1.165, 1.54) is 16.5 Å². The normalized spacial score (nSPS) is 11.0. The SMILES string of the molecule is Cc1cc2c(-c3ccc(-c4ccc(-c5nc(-c6ccccc6)nc(-c6ccccc6)n5)cc4)cc3)cccc2cn1. The van der Waals surface area contributed by atoms with Crippen molar-refractivity contribution in [1.82, 2.24) is 19.9 Å². The van der Waals surface area contributed by atoms with Crippen molar-refractivity contribution >= 4 is 10.8 Å². The summed E-state index contributed by atoms with van der Waals surface area (Å²) in [6.45, 7) is 2.03. The van der Waals surface area contributed by atoms with E-state index in [-0.39, 0.29) is 0 Å². The van der Waals surface area contributed by atoms with Crippen LogP contribution in [-0.4, -0.2) is 19.9 Å². The van der Waals surface area contributed by atoms with Crippen LogP contribution in [0.3, 0.4) is 0 Å². The first kappa shape index (κ1) is 24.6. The predicted octanol–water partition coefficient (Wildman–Crippen LogP) is 9.06. The lowest BCUT2D eigenvalue weighted by atomic mass is 9.96. The fourth-order valence-electron chi connectivity index (χ4n) is 5.12. The van der Waals surface area contributed by atoms with E-state index in [1.807, 2.05) is 73.8 Å². The Kier molecular flexibility index (Phi) is 6.34. The number of nitrogens with zero attached hydrogens (tertiary/aromatic N) is 4. The third kappa shape index (κ3) is 4.99. The van der Waals surface area contributed by atoms with Crippen molar-refractivity contribution in [1.29, 1.82) is 0 Å². The largest absolute Gasteiger partial charge is 0.261 e. The summed E-state index contributed by atoms with van der Waals surface area (Å²) < 4.78 is 0. The minimum absolute atomic E-state index is 0.653. The van der Waals surface area contributed by atoms with E-state index in [9.17, 15) is 0 Å². The Morgan fingerprint density at radius 3 is 1.41 bits per heavy atom. The second-order valence-corrected chi connectivity index (χ2v) is 10.0. The van der Waals surface area contributed by atoms with E-state index in [4.69, 9.17) is 15.0 Å². The fraction of sp³-hybridized carbons (Fsp3) is 0.0270. The lowest BCUT2D eigenvalue weighted by Gasteiger charge is -2.10. The molecule has 0 spiro atoms. The standard InChI is InChI=1S/C37H26N4/c1-25-23-34-32(24-38-25)13-8-14-33(34)28-19-15-26(16-20-28)27-17-21-31(22-18-27)37-40-35(29-9-4-2-5-10-29)39-36(41-37)30-11-6-3-7-12-30/h2-24H,1H3. The minimum Gasteiger partial charge on any atom is -0.261 e. The topological polar surface area (TPSA) is 51.6 Å². The van der Waals surface area contributed by atoms with Crippen LogP contribution >= 0.6 is 0 Å². The molecule has 0 fully saturated rings. The molecule has 0 amide bonds. The highest BCUT2D eigenvalue weighted by molar-refractivity contribution is 5.96. The van der Waals surface area contributed by atoms with Crippen molar-refractivity contribution in [2.24, 2.45) is 0 Å². The van der Waals surface area contributed by atoms with Crippen molar-refractivity contribution in [3.8, 4) is 56.4 Å². The van der Waals surface area contributed by atoms with E-state index < -0.39 is 0 Å². The van der Waals surface area contributed by atoms with Crippen LogP contribution in [0.4, 0.5) is 0 Å². The molecule has 0 aliphatic heterocycles. The molecule has 0 saturated heterocycles. The Balaban J connectivity index is 1.22. The molecule has 7 rings (SSSR count). The highest BCUT2D eigenvalue weighted by atomic mass is 15.0. The summed E-state index contributed by atoms with van der Waals surface area (Å²) in [7, 11) is 0. The number of benzene rings is 5. The molecule has 0 atom stereocenters. The lowest BCUT2D eigenvalue weighted by molar-refractivity contribution is 1.07. The van der Waals surface area contributed by atoms with Crippen LogP contribution in [0.5, 0.6) is 0 Å². The van der Waals surface area contributed by atoms with Gasteiger partial charge >= 0.3 is 0 Å². The third-order valence-corrected chi connectivity index (χ3v) is 7.27. The van der Waals surface area contributed by atoms with Gasteiger partial charge in [-0.1, -0.05) is 127 Å². The van der Waals surface area contributed by atoms with Gasteiger partial charge in [-0.15, -0.1) is 0 Å². The maximum Gasteiger partial charge on any atom is 0.164 e. The van der Waals surface area contributed by atoms with Gasteiger partial charge in [-0.25, -0.2) is 15.0 Å². The molecule has 2 heterocycles. The molecule has 0 N–H and O–H groups in total. The zero-order chi connectivity index (χ0) is 27.6. The maximum absolute atomic E-state index is 4.85. The Labute approximate surface area is 239 Å². The first-order valence-corrected chi connectivity index (χ1v) is 13.6. The van der Waals surface area contributed by atoms with Gasteiger partial charge < -0.3 is 0 Å². The molecular formula is C37H26N4. The molecule has 5 aromatic carbocycles. The quantitative estimate of drug-likeness (QED) is 0.224. The monoisotopic (exact) mass is 526 g/mol. The fourth-order valence-corrected chi connectivity index (χ4v) is 5.12. The highest BCUT2D eigenvalue weighted by Gasteiger charge is 2.12. The summed E-state index contributed by atoms with van der Waals surface area (Å²) in [6.07, 6.45) is 1.95. The molecular weight excluding hydrogens is 500 g/mol. The van der Waals surface area contributed by atoms with Gasteiger partial charge in [-0.05, 0) is 40.6 Å². The number of aryl methyl sites for hydroxylation is 1. The molecule has 4 heteroatoms. The first-order valence-electron chi connectivity index (χ1n) is 13.6. The van der Waals surface area contributed by atoms with Crippen LogP contribution in [-0.2, 0) is 0 Å². The summed E-state index contributed by atoms with van der Waals surface area (Å²) >= 11 is 0. The Morgan fingerprint density at radius 1 is 0.415 bits per heavy atom. The second-order valence-electron chi connectivity index (χ2n) is 10.0. The highest BCUT2D eigenvalue weighted by Crippen LogP contribution is 2.32. The van der Waals surface area contributed by atoms with Gasteiger partial charge in [0.2, 0.25) is 0 Å². The molecule has 0 saturated carbocycles. The number of rotatable bonds is 5. The van der Waals surface area contributed by atoms with E-state index in [1.54, 1.807) is 0 Å². The smallest absolute Gasteiger partial charge is 0.164 e. The molecule has 0 aliphatic rings. The van der Waals surface area contributed by atoms with Gasteiger partial charge in [0.15, 0.2) is 17.5 Å². The van der Waals surface area contributed by atoms with Crippen LogP contribution < -0.4 is 0 Å². The van der Waals surface area contributed by atoms with Gasteiger partial charge in [0.25, 0.3) is 0 Å². The molecule has 0 radical (unpaired) electrons. The average molecular weight is 527 g/mol. The second kappa shape index (κ2) is 10.6. The summed E-state index contributed by atoms with van der Waals surface area (Å²) in [5.41, 5.74) is 8.59. The van der Waals surface area contributed by atoms with Gasteiger partial charge in [-0.3, -0.25) is 4.98 Å². The number of hydrogen-bond donors (Lipinski definition) is 0. The zero-order valence-electron chi connectivity index (χ0n) is 22.6. The number of hydrogen-bond acceptors (Lipinski definition) is 4. The van der Waals surface area contributed by atoms with Gasteiger partial charge in [-0.2, -0.15) is 0 Å². The van der Waals surface area contributed by atoms with Crippen LogP contribution in [0, 0.1) is 6.92 Å². The van der Waals surface area contributed by atoms with Crippen LogP contribution in [0.15, 0.2) is 140 Å². The lowest BCUT2D eigenvalue weighted by Crippen LogP contribution is -2.00. The average Bonchev–Trinajstić information content (AvgIpc) is 3.05. The van der Waals surface area contributed by atoms with Crippen LogP contribution in [0.25, 0.3) is 67.2 Å². The Bertz CT molecular complexity index is 1910. The van der Waals surface area contributed by atoms with Crippen molar-refractivity contribution in [3.05, 3.63) is 145 Å². The number of pyridine rings is 1. The minimum atomic E-state index is 0.653. The molecule has 4 nitrogen and oxygen atoms in total. The zero-order valence-corrected chi connectivity index (χ0v) is 22.6. The molecule has 0 aliphatic carbocycles. The van der Waals surface area contributed by atoms with Crippen molar-refractivity contribution in [2.75, 3.05) is 0 Å². The number of fused-ring (bicyclic) bond motifs is 1. The van der Waals surface area contributed by atoms with Crippen molar-refractivity contribution < 1.29 is 0 Å². The Morgan fingerprint density at radius 2 is 0.878 bits per heavy atom. The van der Waals surface area contributed by atoms with Gasteiger partial charge in [0, 0.05) is 34.0 Å². The first-order chi connectivity index (χ1) is 20.2. The summed E-state index contributed by atoms with van der Waals surface area (Å²) in [5, 5.41) is 2.37. The summed E-state index contributed by atoms with van der Waals surface area (Å²) in [4.78, 5) is 19.0. The van der Waals surface area contributed by atoms with E-state index in [0.717, 1.165) is 38.9 Å². The summed E-state index contributed by atoms with van der Waals surface area (Å²) in [5.74, 6) is 1.97. The van der Waals surface area contributed by atoms with Crippen molar-refractivity contribution in [2.45, 2.75) is 6.92 Å². The van der Waals surface area contributed by atoms with E-state index in [0.29, 0.717) is 17.5 Å². The Hall–Kier alpha value is -5.48. The van der Waals surface area contributed by atoms with E-state index in [2.05, 4.69) is 77.8 Å². The third-order valence-electron chi connectivity index (χ3n) is 7.27. The van der Waals surface area contributed by atoms with Gasteiger partial charge in [0.05, 0.1) is 0 Å². The maximum atomic E-state index is 4.85. The molecule has 0 bridgehead atoms. The van der Waals surface area contributed by atoms with Gasteiger partial charge in [0.1, 0.15) is 0 Å². The van der Waals surface area contributed by atoms with E-state index >= 15 is 0 Å². The number of aromatic nitrogens is 4. The molecule has 194 valence electrons. The summed E-state index contributed by atoms with van der Waals surface area (Å²) in [6, 6.07) is 45.8. The van der Waals surface area contributed by atoms with Crippen molar-refractivity contribution in [3.63, 3.8) is 0 Å².